The Morgan fingerprint density at radius 2 is 2.40 bits per heavy atom. The van der Waals surface area contributed by atoms with Crippen LogP contribution in [0.1, 0.15) is 36.7 Å². The summed E-state index contributed by atoms with van der Waals surface area (Å²) in [6.07, 6.45) is 9.21. The summed E-state index contributed by atoms with van der Waals surface area (Å²) in [5.74, 6) is 0. The van der Waals surface area contributed by atoms with Crippen molar-refractivity contribution in [3.8, 4) is 0 Å². The average Bonchev–Trinajstić information content (AvgIpc) is 2.65. The van der Waals surface area contributed by atoms with Crippen LogP contribution in [0, 0.1) is 0 Å². The molecule has 0 saturated heterocycles. The van der Waals surface area contributed by atoms with Crippen molar-refractivity contribution < 1.29 is 0 Å². The minimum Gasteiger partial charge on any atom is -0.348 e. The summed E-state index contributed by atoms with van der Waals surface area (Å²) in [6.45, 7) is 1.09. The van der Waals surface area contributed by atoms with Crippen LogP contribution >= 0.6 is 11.8 Å². The molecule has 0 spiro atoms. The van der Waals surface area contributed by atoms with Crippen LogP contribution in [0.4, 0.5) is 0 Å². The highest BCUT2D eigenvalue weighted by atomic mass is 32.2. The fourth-order valence-corrected chi connectivity index (χ4v) is 3.92. The molecule has 1 aromatic heterocycles. The average molecular weight is 223 g/mol. The Morgan fingerprint density at radius 1 is 1.53 bits per heavy atom. The lowest BCUT2D eigenvalue weighted by atomic mass is 9.76. The van der Waals surface area contributed by atoms with Gasteiger partial charge in [-0.1, -0.05) is 6.42 Å². The zero-order chi connectivity index (χ0) is 10.3. The van der Waals surface area contributed by atoms with Crippen molar-refractivity contribution in [3.05, 3.63) is 17.7 Å². The summed E-state index contributed by atoms with van der Waals surface area (Å²) in [5.41, 5.74) is 2.62. The Bertz CT molecular complexity index is 351. The number of rotatable bonds is 2. The smallest absolute Gasteiger partial charge is 0.0925 e. The van der Waals surface area contributed by atoms with E-state index < -0.39 is 0 Å². The van der Waals surface area contributed by atoms with E-state index in [4.69, 9.17) is 0 Å². The number of imidazole rings is 1. The molecule has 0 bridgehead atoms. The number of thioether (sulfide) groups is 1. The Balaban J connectivity index is 1.95. The lowest BCUT2D eigenvalue weighted by Gasteiger charge is -2.47. The molecule has 0 amide bonds. The summed E-state index contributed by atoms with van der Waals surface area (Å²) in [5, 5.41) is 3.65. The monoisotopic (exact) mass is 223 g/mol. The molecule has 1 aliphatic carbocycles. The van der Waals surface area contributed by atoms with Gasteiger partial charge in [0.1, 0.15) is 0 Å². The molecule has 1 unspecified atom stereocenters. The predicted octanol–water partition coefficient (Wildman–Crippen LogP) is 1.88. The maximum absolute atomic E-state index is 4.50. The topological polar surface area (TPSA) is 40.7 Å². The van der Waals surface area contributed by atoms with E-state index in [2.05, 4.69) is 21.5 Å². The fraction of sp³-hybridized carbons (Fsp3) is 0.727. The van der Waals surface area contributed by atoms with Crippen molar-refractivity contribution >= 4 is 11.8 Å². The van der Waals surface area contributed by atoms with Gasteiger partial charge in [-0.3, -0.25) is 0 Å². The molecule has 1 aliphatic heterocycles. The molecule has 2 heterocycles. The van der Waals surface area contributed by atoms with E-state index in [-0.39, 0.29) is 0 Å². The molecule has 3 nitrogen and oxygen atoms in total. The van der Waals surface area contributed by atoms with Gasteiger partial charge in [-0.25, -0.2) is 4.98 Å². The standard InChI is InChI=1S/C11H17N3S/c1-15-11(4-2-5-11)10-9-8(3-6-12-10)13-7-14-9/h7,10,12H,2-6H2,1H3,(H,13,14). The molecule has 3 rings (SSSR count). The first-order valence-electron chi connectivity index (χ1n) is 5.66. The van der Waals surface area contributed by atoms with Gasteiger partial charge >= 0.3 is 0 Å². The molecule has 2 N–H and O–H groups in total. The van der Waals surface area contributed by atoms with E-state index in [1.807, 2.05) is 18.1 Å². The van der Waals surface area contributed by atoms with Gasteiger partial charge in [-0.15, -0.1) is 0 Å². The molecular formula is C11H17N3S. The molecule has 2 aliphatic rings. The second-order valence-electron chi connectivity index (χ2n) is 4.53. The SMILES string of the molecule is CSC1(C2NCCc3[nH]cnc32)CCC1. The highest BCUT2D eigenvalue weighted by Crippen LogP contribution is 2.51. The van der Waals surface area contributed by atoms with Gasteiger partial charge in [0, 0.05) is 23.4 Å². The Labute approximate surface area is 94.4 Å². The number of hydrogen-bond acceptors (Lipinski definition) is 3. The zero-order valence-corrected chi connectivity index (χ0v) is 9.86. The molecular weight excluding hydrogens is 206 g/mol. The number of nitrogens with zero attached hydrogens (tertiary/aromatic N) is 1. The van der Waals surface area contributed by atoms with Crippen LogP contribution in [-0.2, 0) is 6.42 Å². The van der Waals surface area contributed by atoms with Crippen LogP contribution in [0.3, 0.4) is 0 Å². The number of H-pyrrole nitrogens is 1. The maximum atomic E-state index is 4.50. The van der Waals surface area contributed by atoms with E-state index in [0.717, 1.165) is 13.0 Å². The minimum absolute atomic E-state index is 0.421. The van der Waals surface area contributed by atoms with E-state index in [1.54, 1.807) is 0 Å². The fourth-order valence-electron chi connectivity index (χ4n) is 2.79. The zero-order valence-electron chi connectivity index (χ0n) is 9.05. The van der Waals surface area contributed by atoms with Crippen LogP contribution in [0.25, 0.3) is 0 Å². The molecule has 1 aromatic rings. The van der Waals surface area contributed by atoms with E-state index in [9.17, 15) is 0 Å². The molecule has 4 heteroatoms. The molecule has 0 aromatic carbocycles. The minimum atomic E-state index is 0.421. The highest BCUT2D eigenvalue weighted by molar-refractivity contribution is 8.00. The van der Waals surface area contributed by atoms with Gasteiger partial charge < -0.3 is 10.3 Å². The Kier molecular flexibility index (Phi) is 2.29. The van der Waals surface area contributed by atoms with Gasteiger partial charge in [0.15, 0.2) is 0 Å². The van der Waals surface area contributed by atoms with Crippen LogP contribution in [0.5, 0.6) is 0 Å². The maximum Gasteiger partial charge on any atom is 0.0925 e. The van der Waals surface area contributed by atoms with Crippen molar-refractivity contribution in [1.82, 2.24) is 15.3 Å². The van der Waals surface area contributed by atoms with E-state index in [1.165, 1.54) is 30.7 Å². The largest absolute Gasteiger partial charge is 0.348 e. The first kappa shape index (κ1) is 9.73. The summed E-state index contributed by atoms with van der Waals surface area (Å²) >= 11 is 2.02. The highest BCUT2D eigenvalue weighted by Gasteiger charge is 2.46. The van der Waals surface area contributed by atoms with Crippen molar-refractivity contribution in [2.45, 2.75) is 36.5 Å². The van der Waals surface area contributed by atoms with Crippen LogP contribution in [0.15, 0.2) is 6.33 Å². The van der Waals surface area contributed by atoms with E-state index in [0.29, 0.717) is 10.8 Å². The first-order chi connectivity index (χ1) is 7.36. The molecule has 1 fully saturated rings. The van der Waals surface area contributed by atoms with Gasteiger partial charge in [0.25, 0.3) is 0 Å². The number of aromatic amines is 1. The number of fused-ring (bicyclic) bond motifs is 1. The molecule has 82 valence electrons. The van der Waals surface area contributed by atoms with Crippen molar-refractivity contribution in [1.29, 1.82) is 0 Å². The second-order valence-corrected chi connectivity index (χ2v) is 5.75. The molecule has 1 saturated carbocycles. The normalized spacial score (nSPS) is 28.2. The molecule has 15 heavy (non-hydrogen) atoms. The third-order valence-electron chi connectivity index (χ3n) is 3.88. The van der Waals surface area contributed by atoms with Gasteiger partial charge in [-0.05, 0) is 19.1 Å². The third-order valence-corrected chi connectivity index (χ3v) is 5.34. The van der Waals surface area contributed by atoms with Gasteiger partial charge in [0.2, 0.25) is 0 Å². The van der Waals surface area contributed by atoms with Crippen molar-refractivity contribution in [2.75, 3.05) is 12.8 Å². The van der Waals surface area contributed by atoms with Gasteiger partial charge in [-0.2, -0.15) is 11.8 Å². The third kappa shape index (κ3) is 1.35. The van der Waals surface area contributed by atoms with Crippen LogP contribution in [0.2, 0.25) is 0 Å². The van der Waals surface area contributed by atoms with Crippen LogP contribution < -0.4 is 5.32 Å². The lowest BCUT2D eigenvalue weighted by molar-refractivity contribution is 0.262. The lowest BCUT2D eigenvalue weighted by Crippen LogP contribution is -2.49. The van der Waals surface area contributed by atoms with Crippen LogP contribution in [-0.4, -0.2) is 27.5 Å². The van der Waals surface area contributed by atoms with E-state index >= 15 is 0 Å². The molecule has 0 radical (unpaired) electrons. The number of nitrogens with one attached hydrogen (secondary N) is 2. The summed E-state index contributed by atoms with van der Waals surface area (Å²) in [7, 11) is 0. The summed E-state index contributed by atoms with van der Waals surface area (Å²) in [6, 6.07) is 0.469. The number of hydrogen-bond donors (Lipinski definition) is 2. The first-order valence-corrected chi connectivity index (χ1v) is 6.89. The van der Waals surface area contributed by atoms with Crippen molar-refractivity contribution in [2.24, 2.45) is 0 Å². The Hall–Kier alpha value is -0.480. The molecule has 1 atom stereocenters. The summed E-state index contributed by atoms with van der Waals surface area (Å²) in [4.78, 5) is 7.77. The number of aromatic nitrogens is 2. The quantitative estimate of drug-likeness (QED) is 0.804. The second kappa shape index (κ2) is 3.52. The van der Waals surface area contributed by atoms with Crippen molar-refractivity contribution in [3.63, 3.8) is 0 Å². The Morgan fingerprint density at radius 3 is 3.07 bits per heavy atom. The van der Waals surface area contributed by atoms with Gasteiger partial charge in [0.05, 0.1) is 18.1 Å². The summed E-state index contributed by atoms with van der Waals surface area (Å²) < 4.78 is 0.421. The predicted molar refractivity (Wildman–Crippen MR) is 63.1 cm³/mol.